The molecule has 0 unspecified atom stereocenters. The number of aryl methyl sites for hydroxylation is 1. The molecule has 0 aliphatic rings. The van der Waals surface area contributed by atoms with Gasteiger partial charge in [0, 0.05) is 18.7 Å². The molecule has 0 aliphatic carbocycles. The molecular weight excluding hydrogens is 400 g/mol. The van der Waals surface area contributed by atoms with Gasteiger partial charge in [-0.2, -0.15) is 4.99 Å². The first kappa shape index (κ1) is 20.1. The molecule has 0 bridgehead atoms. The maximum Gasteiger partial charge on any atom is 0.280 e. The van der Waals surface area contributed by atoms with E-state index < -0.39 is 27.1 Å². The van der Waals surface area contributed by atoms with Crippen LogP contribution in [0.2, 0.25) is 0 Å². The number of thiazole rings is 1. The van der Waals surface area contributed by atoms with Crippen LogP contribution in [-0.4, -0.2) is 27.4 Å². The van der Waals surface area contributed by atoms with Gasteiger partial charge >= 0.3 is 0 Å². The number of carbonyl (C=O) groups is 1. The number of rotatable bonds is 6. The third kappa shape index (κ3) is 3.99. The van der Waals surface area contributed by atoms with Crippen molar-refractivity contribution in [3.8, 4) is 5.75 Å². The first-order valence-electron chi connectivity index (χ1n) is 8.55. The molecule has 11 heteroatoms. The molecule has 2 aromatic carbocycles. The van der Waals surface area contributed by atoms with Crippen molar-refractivity contribution in [1.82, 2.24) is 4.57 Å². The first-order valence-corrected chi connectivity index (χ1v) is 9.36. The van der Waals surface area contributed by atoms with Gasteiger partial charge in [-0.1, -0.05) is 24.3 Å². The van der Waals surface area contributed by atoms with Crippen LogP contribution in [0.1, 0.15) is 23.7 Å². The molecule has 3 aromatic rings. The Kier molecular flexibility index (Phi) is 5.69. The Morgan fingerprint density at radius 1 is 1.17 bits per heavy atom. The highest BCUT2D eigenvalue weighted by molar-refractivity contribution is 7.16. The highest BCUT2D eigenvalue weighted by atomic mass is 32.1. The van der Waals surface area contributed by atoms with E-state index in [0.29, 0.717) is 17.1 Å². The van der Waals surface area contributed by atoms with Crippen molar-refractivity contribution in [2.24, 2.45) is 4.99 Å². The Morgan fingerprint density at radius 2 is 1.83 bits per heavy atom. The van der Waals surface area contributed by atoms with E-state index in [9.17, 15) is 25.0 Å². The van der Waals surface area contributed by atoms with Crippen LogP contribution in [0.25, 0.3) is 10.2 Å². The Hall–Kier alpha value is -3.60. The van der Waals surface area contributed by atoms with Crippen molar-refractivity contribution >= 4 is 38.8 Å². The lowest BCUT2D eigenvalue weighted by molar-refractivity contribution is -0.394. The number of non-ortho nitro benzene ring substituents is 2. The number of nitro groups is 2. The fraction of sp³-hybridized carbons (Fsp3) is 0.222. The summed E-state index contributed by atoms with van der Waals surface area (Å²) in [6.07, 6.45) is 0.771. The normalized spacial score (nSPS) is 11.6. The highest BCUT2D eigenvalue weighted by Gasteiger charge is 2.20. The molecule has 0 fully saturated rings. The minimum Gasteiger partial charge on any atom is -0.495 e. The molecule has 0 atom stereocenters. The zero-order valence-electron chi connectivity index (χ0n) is 15.5. The lowest BCUT2D eigenvalue weighted by atomic mass is 10.1. The second-order valence-electron chi connectivity index (χ2n) is 6.01. The lowest BCUT2D eigenvalue weighted by Gasteiger charge is -2.07. The molecule has 1 heterocycles. The van der Waals surface area contributed by atoms with Crippen molar-refractivity contribution in [3.05, 3.63) is 67.0 Å². The van der Waals surface area contributed by atoms with Crippen LogP contribution in [0, 0.1) is 20.2 Å². The molecule has 29 heavy (non-hydrogen) atoms. The van der Waals surface area contributed by atoms with Gasteiger partial charge < -0.3 is 9.30 Å². The summed E-state index contributed by atoms with van der Waals surface area (Å²) in [5.74, 6) is -0.167. The molecule has 10 nitrogen and oxygen atoms in total. The number of aromatic nitrogens is 1. The van der Waals surface area contributed by atoms with Crippen LogP contribution >= 0.6 is 11.3 Å². The van der Waals surface area contributed by atoms with Crippen molar-refractivity contribution in [1.29, 1.82) is 0 Å². The predicted molar refractivity (Wildman–Crippen MR) is 106 cm³/mol. The minimum absolute atomic E-state index is 0.224. The van der Waals surface area contributed by atoms with E-state index in [1.54, 1.807) is 13.2 Å². The highest BCUT2D eigenvalue weighted by Crippen LogP contribution is 2.28. The van der Waals surface area contributed by atoms with E-state index in [1.807, 2.05) is 23.6 Å². The average molecular weight is 416 g/mol. The second kappa shape index (κ2) is 8.19. The standard InChI is InChI=1S/C18H16N4O6S/c1-3-7-20-16-14(28-2)5-4-6-15(16)29-18(20)19-17(23)11-8-12(21(24)25)10-13(9-11)22(26)27/h4-6,8-10H,3,7H2,1-2H3. The van der Waals surface area contributed by atoms with Crippen LogP contribution in [0.5, 0.6) is 5.75 Å². The fourth-order valence-electron chi connectivity index (χ4n) is 2.86. The van der Waals surface area contributed by atoms with Crippen molar-refractivity contribution < 1.29 is 19.4 Å². The summed E-state index contributed by atoms with van der Waals surface area (Å²) in [5, 5.41) is 22.1. The number of amides is 1. The molecule has 1 amide bonds. The minimum atomic E-state index is -0.799. The Bertz CT molecular complexity index is 1160. The number of hydrogen-bond acceptors (Lipinski definition) is 7. The van der Waals surface area contributed by atoms with Gasteiger partial charge in [0.1, 0.15) is 11.3 Å². The Morgan fingerprint density at radius 3 is 2.38 bits per heavy atom. The van der Waals surface area contributed by atoms with Gasteiger partial charge in [-0.25, -0.2) is 0 Å². The summed E-state index contributed by atoms with van der Waals surface area (Å²) >= 11 is 1.27. The molecule has 0 aliphatic heterocycles. The number of nitrogens with zero attached hydrogens (tertiary/aromatic N) is 4. The van der Waals surface area contributed by atoms with E-state index in [1.165, 1.54) is 11.3 Å². The largest absolute Gasteiger partial charge is 0.495 e. The van der Waals surface area contributed by atoms with E-state index in [-0.39, 0.29) is 5.56 Å². The number of carbonyl (C=O) groups excluding carboxylic acids is 1. The van der Waals surface area contributed by atoms with Crippen LogP contribution in [0.3, 0.4) is 0 Å². The Labute approximate surface area is 168 Å². The third-order valence-electron chi connectivity index (χ3n) is 4.10. The summed E-state index contributed by atoms with van der Waals surface area (Å²) in [7, 11) is 1.55. The summed E-state index contributed by atoms with van der Waals surface area (Å²) in [5.41, 5.74) is -0.522. The second-order valence-corrected chi connectivity index (χ2v) is 7.02. The number of methoxy groups -OCH3 is 1. The Balaban J connectivity index is 2.19. The van der Waals surface area contributed by atoms with Gasteiger partial charge in [-0.15, -0.1) is 0 Å². The molecule has 0 radical (unpaired) electrons. The number of benzene rings is 2. The topological polar surface area (TPSA) is 130 Å². The van der Waals surface area contributed by atoms with Crippen LogP contribution in [0.4, 0.5) is 11.4 Å². The van der Waals surface area contributed by atoms with Crippen LogP contribution in [0.15, 0.2) is 41.4 Å². The van der Waals surface area contributed by atoms with Gasteiger partial charge in [0.25, 0.3) is 17.3 Å². The molecule has 0 saturated heterocycles. The van der Waals surface area contributed by atoms with Gasteiger partial charge in [-0.05, 0) is 18.6 Å². The van der Waals surface area contributed by atoms with Gasteiger partial charge in [0.05, 0.1) is 33.3 Å². The smallest absolute Gasteiger partial charge is 0.280 e. The predicted octanol–water partition coefficient (Wildman–Crippen LogP) is 3.68. The van der Waals surface area contributed by atoms with E-state index in [4.69, 9.17) is 4.74 Å². The number of fused-ring (bicyclic) bond motifs is 1. The summed E-state index contributed by atoms with van der Waals surface area (Å²) in [6, 6.07) is 8.27. The van der Waals surface area contributed by atoms with Crippen molar-refractivity contribution in [3.63, 3.8) is 0 Å². The molecule has 3 rings (SSSR count). The molecule has 0 spiro atoms. The lowest BCUT2D eigenvalue weighted by Crippen LogP contribution is -2.17. The third-order valence-corrected chi connectivity index (χ3v) is 5.14. The van der Waals surface area contributed by atoms with Gasteiger partial charge in [0.2, 0.25) is 0 Å². The maximum absolute atomic E-state index is 12.7. The molecule has 0 N–H and O–H groups in total. The van der Waals surface area contributed by atoms with Gasteiger partial charge in [0.15, 0.2) is 4.80 Å². The van der Waals surface area contributed by atoms with Crippen LogP contribution < -0.4 is 9.54 Å². The zero-order chi connectivity index (χ0) is 21.1. The van der Waals surface area contributed by atoms with E-state index in [2.05, 4.69) is 4.99 Å². The summed E-state index contributed by atoms with van der Waals surface area (Å²) in [4.78, 5) is 37.7. The summed E-state index contributed by atoms with van der Waals surface area (Å²) in [6.45, 7) is 2.54. The molecular formula is C18H16N4O6S. The monoisotopic (exact) mass is 416 g/mol. The number of nitro benzene ring substituents is 2. The van der Waals surface area contributed by atoms with Crippen LogP contribution in [-0.2, 0) is 6.54 Å². The van der Waals surface area contributed by atoms with E-state index >= 15 is 0 Å². The summed E-state index contributed by atoms with van der Waals surface area (Å²) < 4.78 is 8.10. The molecule has 1 aromatic heterocycles. The van der Waals surface area contributed by atoms with Crippen molar-refractivity contribution in [2.45, 2.75) is 19.9 Å². The number of ether oxygens (including phenoxy) is 1. The zero-order valence-corrected chi connectivity index (χ0v) is 16.3. The quantitative estimate of drug-likeness (QED) is 0.445. The average Bonchev–Trinajstić information content (AvgIpc) is 3.05. The fourth-order valence-corrected chi connectivity index (χ4v) is 3.93. The van der Waals surface area contributed by atoms with Gasteiger partial charge in [-0.3, -0.25) is 25.0 Å². The maximum atomic E-state index is 12.7. The SMILES string of the molecule is CCCn1c(=NC(=O)c2cc([N+](=O)[O-])cc([N+](=O)[O-])c2)sc2cccc(OC)c21. The van der Waals surface area contributed by atoms with Crippen molar-refractivity contribution in [2.75, 3.05) is 7.11 Å². The number of para-hydroxylation sites is 1. The number of hydrogen-bond donors (Lipinski definition) is 0. The first-order chi connectivity index (χ1) is 13.8. The van der Waals surface area contributed by atoms with E-state index in [0.717, 1.165) is 34.8 Å². The molecule has 0 saturated carbocycles. The molecule has 150 valence electrons.